The van der Waals surface area contributed by atoms with E-state index in [9.17, 15) is 0 Å². The Morgan fingerprint density at radius 3 is 2.29 bits per heavy atom. The van der Waals surface area contributed by atoms with E-state index in [0.29, 0.717) is 11.9 Å². The fourth-order valence-electron chi connectivity index (χ4n) is 5.37. The first-order valence-corrected chi connectivity index (χ1v) is 13.9. The van der Waals surface area contributed by atoms with Crippen molar-refractivity contribution in [3.05, 3.63) is 75.7 Å². The van der Waals surface area contributed by atoms with Gasteiger partial charge in [0.2, 0.25) is 0 Å². The van der Waals surface area contributed by atoms with Gasteiger partial charge in [0.25, 0.3) is 0 Å². The van der Waals surface area contributed by atoms with Gasteiger partial charge in [0.1, 0.15) is 0 Å². The fraction of sp³-hybridized carbons (Fsp3) is 0.548. The van der Waals surface area contributed by atoms with Crippen LogP contribution in [0.4, 0.5) is 5.69 Å². The maximum absolute atomic E-state index is 6.47. The van der Waals surface area contributed by atoms with Crippen molar-refractivity contribution in [3.63, 3.8) is 0 Å². The third-order valence-electron chi connectivity index (χ3n) is 7.87. The van der Waals surface area contributed by atoms with Crippen molar-refractivity contribution in [1.29, 1.82) is 0 Å². The quantitative estimate of drug-likeness (QED) is 0.346. The van der Waals surface area contributed by atoms with Crippen molar-refractivity contribution in [3.8, 4) is 0 Å². The summed E-state index contributed by atoms with van der Waals surface area (Å²) >= 11 is 2.14. The number of ether oxygens (including phenoxy) is 1. The highest BCUT2D eigenvalue weighted by atomic mass is 32.2. The lowest BCUT2D eigenvalue weighted by Gasteiger charge is -2.39. The predicted molar refractivity (Wildman–Crippen MR) is 150 cm³/mol. The van der Waals surface area contributed by atoms with Crippen molar-refractivity contribution in [1.82, 2.24) is 0 Å². The molecule has 2 nitrogen and oxygen atoms in total. The van der Waals surface area contributed by atoms with E-state index in [-0.39, 0.29) is 16.9 Å². The van der Waals surface area contributed by atoms with Gasteiger partial charge in [-0.05, 0) is 79.0 Å². The standard InChI is InChI=1S/C31H45NOS/c1-8-31(9-2,25-15-16-26(32)22(3)19-25)29-20-23(4)27(34-29)17-18-28(30(5,6)7)33-21-24-13-11-10-12-14-24/h10-16,19,28-29H,8-9,17-18,20-21,32H2,1-7H3. The summed E-state index contributed by atoms with van der Waals surface area (Å²) in [6.07, 6.45) is 5.87. The summed E-state index contributed by atoms with van der Waals surface area (Å²) in [5.74, 6) is 0. The number of allylic oxidation sites excluding steroid dienone is 2. The van der Waals surface area contributed by atoms with E-state index in [0.717, 1.165) is 31.4 Å². The zero-order valence-corrected chi connectivity index (χ0v) is 23.2. The van der Waals surface area contributed by atoms with Crippen molar-refractivity contribution in [2.45, 2.75) is 104 Å². The minimum absolute atomic E-state index is 0.115. The average molecular weight is 480 g/mol. The Morgan fingerprint density at radius 2 is 1.71 bits per heavy atom. The summed E-state index contributed by atoms with van der Waals surface area (Å²) in [6.45, 7) is 16.8. The van der Waals surface area contributed by atoms with E-state index < -0.39 is 0 Å². The third-order valence-corrected chi connectivity index (χ3v) is 9.61. The molecule has 0 saturated heterocycles. The van der Waals surface area contributed by atoms with Crippen molar-refractivity contribution in [2.75, 3.05) is 5.73 Å². The van der Waals surface area contributed by atoms with Crippen LogP contribution in [0.1, 0.15) is 90.3 Å². The van der Waals surface area contributed by atoms with Crippen LogP contribution >= 0.6 is 11.8 Å². The molecule has 2 aromatic rings. The van der Waals surface area contributed by atoms with Crippen LogP contribution in [-0.2, 0) is 16.8 Å². The first-order valence-electron chi connectivity index (χ1n) is 13.0. The molecular weight excluding hydrogens is 434 g/mol. The minimum atomic E-state index is 0.115. The van der Waals surface area contributed by atoms with Crippen LogP contribution in [-0.4, -0.2) is 11.4 Å². The SMILES string of the molecule is CCC(CC)(c1ccc(N)c(C)c1)C1CC(C)=C(CCC(OCc2ccccc2)C(C)(C)C)S1. The van der Waals surface area contributed by atoms with Crippen molar-refractivity contribution < 1.29 is 4.74 Å². The summed E-state index contributed by atoms with van der Waals surface area (Å²) in [5.41, 5.74) is 12.8. The molecule has 34 heavy (non-hydrogen) atoms. The monoisotopic (exact) mass is 479 g/mol. The lowest BCUT2D eigenvalue weighted by atomic mass is 9.71. The number of rotatable bonds is 10. The van der Waals surface area contributed by atoms with Gasteiger partial charge in [0, 0.05) is 16.4 Å². The Bertz CT molecular complexity index is 969. The van der Waals surface area contributed by atoms with Gasteiger partial charge in [-0.3, -0.25) is 0 Å². The maximum Gasteiger partial charge on any atom is 0.0720 e. The number of hydrogen-bond acceptors (Lipinski definition) is 3. The Morgan fingerprint density at radius 1 is 1.03 bits per heavy atom. The highest BCUT2D eigenvalue weighted by Gasteiger charge is 2.41. The molecule has 1 aliphatic rings. The minimum Gasteiger partial charge on any atom is -0.399 e. The van der Waals surface area contributed by atoms with E-state index >= 15 is 0 Å². The van der Waals surface area contributed by atoms with E-state index in [2.05, 4.69) is 109 Å². The topological polar surface area (TPSA) is 35.2 Å². The highest BCUT2D eigenvalue weighted by molar-refractivity contribution is 8.04. The molecule has 2 aromatic carbocycles. The molecule has 2 N–H and O–H groups in total. The summed E-state index contributed by atoms with van der Waals surface area (Å²) in [7, 11) is 0. The summed E-state index contributed by atoms with van der Waals surface area (Å²) in [5, 5.41) is 0.582. The molecule has 0 saturated carbocycles. The molecule has 0 spiro atoms. The average Bonchev–Trinajstić information content (AvgIpc) is 3.18. The number of nitrogen functional groups attached to an aromatic ring is 1. The molecule has 0 radical (unpaired) electrons. The van der Waals surface area contributed by atoms with E-state index in [1.807, 2.05) is 0 Å². The smallest absolute Gasteiger partial charge is 0.0720 e. The van der Waals surface area contributed by atoms with Crippen LogP contribution in [0.3, 0.4) is 0 Å². The fourth-order valence-corrected chi connectivity index (χ4v) is 7.26. The molecule has 0 fully saturated rings. The van der Waals surface area contributed by atoms with E-state index in [1.165, 1.54) is 23.1 Å². The zero-order valence-electron chi connectivity index (χ0n) is 22.4. The molecule has 0 amide bonds. The van der Waals surface area contributed by atoms with Gasteiger partial charge in [-0.2, -0.15) is 0 Å². The van der Waals surface area contributed by atoms with Gasteiger partial charge in [-0.25, -0.2) is 0 Å². The van der Waals surface area contributed by atoms with Gasteiger partial charge in [0.05, 0.1) is 12.7 Å². The highest BCUT2D eigenvalue weighted by Crippen LogP contribution is 2.52. The number of aryl methyl sites for hydroxylation is 1. The second-order valence-corrected chi connectivity index (χ2v) is 12.4. The van der Waals surface area contributed by atoms with Crippen molar-refractivity contribution >= 4 is 17.4 Å². The lowest BCUT2D eigenvalue weighted by Crippen LogP contribution is -2.35. The number of nitrogens with two attached hydrogens (primary N) is 1. The largest absolute Gasteiger partial charge is 0.399 e. The summed E-state index contributed by atoms with van der Waals surface area (Å²) in [4.78, 5) is 1.58. The molecule has 3 heteroatoms. The lowest BCUT2D eigenvalue weighted by molar-refractivity contribution is -0.0324. The second kappa shape index (κ2) is 11.4. The number of hydrogen-bond donors (Lipinski definition) is 1. The first-order chi connectivity index (χ1) is 16.1. The molecule has 186 valence electrons. The van der Waals surface area contributed by atoms with Crippen LogP contribution in [0.5, 0.6) is 0 Å². The van der Waals surface area contributed by atoms with Crippen LogP contribution in [0, 0.1) is 12.3 Å². The van der Waals surface area contributed by atoms with Crippen LogP contribution in [0.25, 0.3) is 0 Å². The number of anilines is 1. The summed E-state index contributed by atoms with van der Waals surface area (Å²) in [6, 6.07) is 17.2. The van der Waals surface area contributed by atoms with Crippen LogP contribution in [0.15, 0.2) is 59.0 Å². The molecule has 2 unspecified atom stereocenters. The first kappa shape index (κ1) is 26.9. The molecule has 0 aliphatic carbocycles. The van der Waals surface area contributed by atoms with Crippen LogP contribution in [0.2, 0.25) is 0 Å². The molecule has 0 aromatic heterocycles. The molecule has 2 atom stereocenters. The molecule has 1 heterocycles. The number of thioether (sulfide) groups is 1. The van der Waals surface area contributed by atoms with Crippen LogP contribution < -0.4 is 5.73 Å². The second-order valence-electron chi connectivity index (χ2n) is 11.1. The maximum atomic E-state index is 6.47. The molecule has 0 bridgehead atoms. The van der Waals surface area contributed by atoms with E-state index in [1.54, 1.807) is 10.5 Å². The Hall–Kier alpha value is -1.71. The molecule has 1 aliphatic heterocycles. The Balaban J connectivity index is 1.70. The Labute approximate surface area is 212 Å². The van der Waals surface area contributed by atoms with E-state index in [4.69, 9.17) is 10.5 Å². The molecular formula is C31H45NOS. The van der Waals surface area contributed by atoms with Gasteiger partial charge in [0.15, 0.2) is 0 Å². The number of benzene rings is 2. The third kappa shape index (κ3) is 6.10. The zero-order chi connectivity index (χ0) is 24.9. The summed E-state index contributed by atoms with van der Waals surface area (Å²) < 4.78 is 6.47. The van der Waals surface area contributed by atoms with Gasteiger partial charge >= 0.3 is 0 Å². The van der Waals surface area contributed by atoms with Gasteiger partial charge < -0.3 is 10.5 Å². The van der Waals surface area contributed by atoms with Crippen molar-refractivity contribution in [2.24, 2.45) is 5.41 Å². The van der Waals surface area contributed by atoms with Gasteiger partial charge in [-0.1, -0.05) is 82.7 Å². The predicted octanol–water partition coefficient (Wildman–Crippen LogP) is 8.83. The normalized spacial score (nSPS) is 17.9. The molecule has 3 rings (SSSR count). The Kier molecular flexibility index (Phi) is 8.98. The van der Waals surface area contributed by atoms with Gasteiger partial charge in [-0.15, -0.1) is 11.8 Å².